The Bertz CT molecular complexity index is 608. The van der Waals surface area contributed by atoms with Gasteiger partial charge >= 0.3 is 0 Å². The van der Waals surface area contributed by atoms with Crippen molar-refractivity contribution in [2.45, 2.75) is 19.9 Å². The molecule has 1 unspecified atom stereocenters. The number of anilines is 1. The zero-order valence-electron chi connectivity index (χ0n) is 12.3. The molecule has 1 atom stereocenters. The van der Waals surface area contributed by atoms with Crippen LogP contribution in [0.5, 0.6) is 5.75 Å². The topological polar surface area (TPSA) is 64.3 Å². The van der Waals surface area contributed by atoms with Crippen molar-refractivity contribution >= 4 is 11.6 Å². The third-order valence-electron chi connectivity index (χ3n) is 3.16. The molecule has 4 heteroatoms. The van der Waals surface area contributed by atoms with Crippen molar-refractivity contribution in [1.82, 2.24) is 0 Å². The lowest BCUT2D eigenvalue weighted by atomic mass is 10.1. The van der Waals surface area contributed by atoms with Crippen molar-refractivity contribution in [1.29, 1.82) is 0 Å². The molecule has 1 amide bonds. The smallest absolute Gasteiger partial charge is 0.245 e. The molecule has 2 rings (SSSR count). The van der Waals surface area contributed by atoms with E-state index in [-0.39, 0.29) is 5.91 Å². The molecule has 0 radical (unpaired) electrons. The normalized spacial score (nSPS) is 11.8. The van der Waals surface area contributed by atoms with Crippen molar-refractivity contribution in [2.75, 3.05) is 11.9 Å². The lowest BCUT2D eigenvalue weighted by Crippen LogP contribution is -2.27. The Balaban J connectivity index is 2.12. The van der Waals surface area contributed by atoms with Gasteiger partial charge in [-0.3, -0.25) is 4.79 Å². The van der Waals surface area contributed by atoms with Gasteiger partial charge in [0.2, 0.25) is 5.91 Å². The maximum absolute atomic E-state index is 12.3. The Labute approximate surface area is 124 Å². The van der Waals surface area contributed by atoms with Crippen molar-refractivity contribution in [3.8, 4) is 5.75 Å². The molecular formula is C17H20N2O2. The predicted octanol–water partition coefficient (Wildman–Crippen LogP) is 3.03. The molecule has 0 saturated heterocycles. The fraction of sp³-hybridized carbons (Fsp3) is 0.235. The fourth-order valence-electron chi connectivity index (χ4n) is 1.99. The summed E-state index contributed by atoms with van der Waals surface area (Å²) < 4.78 is 5.48. The Morgan fingerprint density at radius 3 is 2.52 bits per heavy atom. The molecule has 0 aliphatic rings. The molecule has 4 nitrogen and oxygen atoms in total. The van der Waals surface area contributed by atoms with Gasteiger partial charge in [0.1, 0.15) is 11.8 Å². The summed E-state index contributed by atoms with van der Waals surface area (Å²) in [4.78, 5) is 12.3. The van der Waals surface area contributed by atoms with E-state index >= 15 is 0 Å². The number of amides is 1. The van der Waals surface area contributed by atoms with Gasteiger partial charge in [0.05, 0.1) is 12.3 Å². The summed E-state index contributed by atoms with van der Waals surface area (Å²) in [5.74, 6) is 0.385. The van der Waals surface area contributed by atoms with Crippen LogP contribution in [-0.4, -0.2) is 12.5 Å². The molecule has 0 fully saturated rings. The van der Waals surface area contributed by atoms with Gasteiger partial charge in [-0.25, -0.2) is 0 Å². The van der Waals surface area contributed by atoms with Crippen molar-refractivity contribution < 1.29 is 9.53 Å². The minimum atomic E-state index is -0.708. The van der Waals surface area contributed by atoms with Gasteiger partial charge in [0, 0.05) is 0 Å². The highest BCUT2D eigenvalue weighted by atomic mass is 16.5. The van der Waals surface area contributed by atoms with E-state index in [1.54, 1.807) is 6.07 Å². The van der Waals surface area contributed by atoms with Crippen LogP contribution in [-0.2, 0) is 4.79 Å². The maximum atomic E-state index is 12.3. The first-order valence-electron chi connectivity index (χ1n) is 6.96. The standard InChI is InChI=1S/C17H20N2O2/c1-3-21-15-7-5-4-6-14(15)19-17(20)16(18)13-10-8-12(2)9-11-13/h4-11,16H,3,18H2,1-2H3,(H,19,20). The molecule has 110 valence electrons. The largest absolute Gasteiger partial charge is 0.492 e. The molecule has 0 bridgehead atoms. The van der Waals surface area contributed by atoms with E-state index < -0.39 is 6.04 Å². The number of benzene rings is 2. The van der Waals surface area contributed by atoms with Gasteiger partial charge < -0.3 is 15.8 Å². The predicted molar refractivity (Wildman–Crippen MR) is 84.3 cm³/mol. The average Bonchev–Trinajstić information content (AvgIpc) is 2.49. The van der Waals surface area contributed by atoms with Crippen LogP contribution in [0.3, 0.4) is 0 Å². The van der Waals surface area contributed by atoms with Crippen LogP contribution in [0.2, 0.25) is 0 Å². The van der Waals surface area contributed by atoms with Crippen LogP contribution in [0.15, 0.2) is 48.5 Å². The summed E-state index contributed by atoms with van der Waals surface area (Å²) in [6, 6.07) is 14.2. The van der Waals surface area contributed by atoms with E-state index in [2.05, 4.69) is 5.32 Å². The van der Waals surface area contributed by atoms with Crippen LogP contribution >= 0.6 is 0 Å². The monoisotopic (exact) mass is 284 g/mol. The number of carbonyl (C=O) groups is 1. The van der Waals surface area contributed by atoms with Crippen LogP contribution in [0.4, 0.5) is 5.69 Å². The first kappa shape index (κ1) is 15.1. The number of nitrogens with two attached hydrogens (primary N) is 1. The number of hydrogen-bond acceptors (Lipinski definition) is 3. The van der Waals surface area contributed by atoms with E-state index in [4.69, 9.17) is 10.5 Å². The summed E-state index contributed by atoms with van der Waals surface area (Å²) in [5, 5.41) is 2.82. The van der Waals surface area contributed by atoms with E-state index in [1.165, 1.54) is 0 Å². The second-order valence-corrected chi connectivity index (χ2v) is 4.81. The summed E-state index contributed by atoms with van der Waals surface area (Å²) in [6.07, 6.45) is 0. The number of nitrogens with one attached hydrogen (secondary N) is 1. The Hall–Kier alpha value is -2.33. The molecule has 21 heavy (non-hydrogen) atoms. The number of aryl methyl sites for hydroxylation is 1. The first-order chi connectivity index (χ1) is 10.1. The molecule has 0 aliphatic heterocycles. The van der Waals surface area contributed by atoms with Crippen molar-refractivity contribution in [2.24, 2.45) is 5.73 Å². The highest BCUT2D eigenvalue weighted by Gasteiger charge is 2.17. The van der Waals surface area contributed by atoms with Gasteiger partial charge in [-0.2, -0.15) is 0 Å². The molecule has 0 spiro atoms. The second-order valence-electron chi connectivity index (χ2n) is 4.81. The highest BCUT2D eigenvalue weighted by Crippen LogP contribution is 2.25. The average molecular weight is 284 g/mol. The van der Waals surface area contributed by atoms with Crippen LogP contribution in [0.25, 0.3) is 0 Å². The van der Waals surface area contributed by atoms with Gasteiger partial charge in [0.15, 0.2) is 0 Å². The summed E-state index contributed by atoms with van der Waals surface area (Å²) in [6.45, 7) is 4.43. The molecule has 3 N–H and O–H groups in total. The number of hydrogen-bond donors (Lipinski definition) is 2. The van der Waals surface area contributed by atoms with E-state index in [9.17, 15) is 4.79 Å². The molecular weight excluding hydrogens is 264 g/mol. The van der Waals surface area contributed by atoms with Crippen molar-refractivity contribution in [3.63, 3.8) is 0 Å². The molecule has 2 aromatic carbocycles. The molecule has 0 heterocycles. The maximum Gasteiger partial charge on any atom is 0.245 e. The number of rotatable bonds is 5. The quantitative estimate of drug-likeness (QED) is 0.887. The summed E-state index contributed by atoms with van der Waals surface area (Å²) in [7, 11) is 0. The lowest BCUT2D eigenvalue weighted by Gasteiger charge is -2.15. The first-order valence-corrected chi connectivity index (χ1v) is 6.96. The number of para-hydroxylation sites is 2. The summed E-state index contributed by atoms with van der Waals surface area (Å²) in [5.41, 5.74) is 8.56. The van der Waals surface area contributed by atoms with Crippen LogP contribution in [0, 0.1) is 6.92 Å². The summed E-state index contributed by atoms with van der Waals surface area (Å²) >= 11 is 0. The minimum Gasteiger partial charge on any atom is -0.492 e. The highest BCUT2D eigenvalue weighted by molar-refractivity contribution is 5.96. The van der Waals surface area contributed by atoms with E-state index in [0.717, 1.165) is 11.1 Å². The zero-order chi connectivity index (χ0) is 15.2. The van der Waals surface area contributed by atoms with E-state index in [1.807, 2.05) is 56.3 Å². The molecule has 0 aromatic heterocycles. The van der Waals surface area contributed by atoms with E-state index in [0.29, 0.717) is 18.0 Å². The van der Waals surface area contributed by atoms with Crippen LogP contribution in [0.1, 0.15) is 24.1 Å². The lowest BCUT2D eigenvalue weighted by molar-refractivity contribution is -0.117. The molecule has 2 aromatic rings. The van der Waals surface area contributed by atoms with Gasteiger partial charge in [-0.05, 0) is 31.5 Å². The van der Waals surface area contributed by atoms with Crippen molar-refractivity contribution in [3.05, 3.63) is 59.7 Å². The van der Waals surface area contributed by atoms with Crippen LogP contribution < -0.4 is 15.8 Å². The Kier molecular flexibility index (Phi) is 4.95. The number of carbonyl (C=O) groups excluding carboxylic acids is 1. The Morgan fingerprint density at radius 1 is 1.19 bits per heavy atom. The third-order valence-corrected chi connectivity index (χ3v) is 3.16. The van der Waals surface area contributed by atoms with Gasteiger partial charge in [-0.1, -0.05) is 42.0 Å². The zero-order valence-corrected chi connectivity index (χ0v) is 12.3. The Morgan fingerprint density at radius 2 is 1.86 bits per heavy atom. The fourth-order valence-corrected chi connectivity index (χ4v) is 1.99. The van der Waals surface area contributed by atoms with Gasteiger partial charge in [0.25, 0.3) is 0 Å². The minimum absolute atomic E-state index is 0.258. The number of ether oxygens (including phenoxy) is 1. The second kappa shape index (κ2) is 6.90. The molecule has 0 saturated carbocycles. The van der Waals surface area contributed by atoms with Gasteiger partial charge in [-0.15, -0.1) is 0 Å². The SMILES string of the molecule is CCOc1ccccc1NC(=O)C(N)c1ccc(C)cc1. The molecule has 0 aliphatic carbocycles. The third kappa shape index (κ3) is 3.83.